The molecule has 0 saturated carbocycles. The number of carbonyl (C=O) groups excluding carboxylic acids is 1. The van der Waals surface area contributed by atoms with Gasteiger partial charge in [0, 0.05) is 10.7 Å². The summed E-state index contributed by atoms with van der Waals surface area (Å²) in [5.74, 6) is 0.819. The van der Waals surface area contributed by atoms with Crippen molar-refractivity contribution in [3.8, 4) is 11.5 Å². The highest BCUT2D eigenvalue weighted by molar-refractivity contribution is 6.31. The number of ether oxygens (including phenoxy) is 2. The van der Waals surface area contributed by atoms with E-state index >= 15 is 0 Å². The summed E-state index contributed by atoms with van der Waals surface area (Å²) in [7, 11) is 1.58. The number of hydrogen-bond donors (Lipinski definition) is 0. The molecule has 7 heteroatoms. The van der Waals surface area contributed by atoms with Gasteiger partial charge in [0.05, 0.1) is 30.7 Å². The largest absolute Gasteiger partial charge is 0.493 e. The number of unbranched alkanes of at least 4 members (excludes halogenated alkanes) is 3. The molecule has 1 aromatic heterocycles. The van der Waals surface area contributed by atoms with Crippen molar-refractivity contribution in [1.29, 1.82) is 0 Å². The van der Waals surface area contributed by atoms with Crippen molar-refractivity contribution in [1.82, 2.24) is 0 Å². The zero-order valence-corrected chi connectivity index (χ0v) is 22.5. The van der Waals surface area contributed by atoms with Crippen molar-refractivity contribution in [3.63, 3.8) is 0 Å². The van der Waals surface area contributed by atoms with Gasteiger partial charge in [-0.2, -0.15) is 0 Å². The minimum Gasteiger partial charge on any atom is -0.493 e. The summed E-state index contributed by atoms with van der Waals surface area (Å²) in [5.41, 5.74) is 2.69. The summed E-state index contributed by atoms with van der Waals surface area (Å²) in [6, 6.07) is 17.3. The first-order valence-corrected chi connectivity index (χ1v) is 13.3. The predicted molar refractivity (Wildman–Crippen MR) is 150 cm³/mol. The van der Waals surface area contributed by atoms with E-state index in [0.717, 1.165) is 24.8 Å². The van der Waals surface area contributed by atoms with Crippen LogP contribution in [0.3, 0.4) is 0 Å². The zero-order valence-electron chi connectivity index (χ0n) is 21.8. The second-order valence-electron chi connectivity index (χ2n) is 9.55. The molecule has 4 aromatic rings. The minimum atomic E-state index is -0.716. The molecule has 2 heterocycles. The van der Waals surface area contributed by atoms with Crippen LogP contribution in [-0.2, 0) is 0 Å². The van der Waals surface area contributed by atoms with Crippen LogP contribution in [0.15, 0.2) is 69.9 Å². The van der Waals surface area contributed by atoms with Gasteiger partial charge >= 0.3 is 0 Å². The molecule has 0 spiro atoms. The summed E-state index contributed by atoms with van der Waals surface area (Å²) in [6.45, 7) is 4.72. The Kier molecular flexibility index (Phi) is 7.43. The molecule has 1 aliphatic heterocycles. The molecule has 6 nitrogen and oxygen atoms in total. The highest BCUT2D eigenvalue weighted by Gasteiger charge is 2.44. The number of amides is 1. The fourth-order valence-corrected chi connectivity index (χ4v) is 5.16. The van der Waals surface area contributed by atoms with E-state index in [1.54, 1.807) is 30.2 Å². The molecule has 0 radical (unpaired) electrons. The number of methoxy groups -OCH3 is 1. The van der Waals surface area contributed by atoms with Crippen molar-refractivity contribution in [2.24, 2.45) is 0 Å². The lowest BCUT2D eigenvalue weighted by atomic mass is 9.97. The summed E-state index contributed by atoms with van der Waals surface area (Å²) >= 11 is 6.20. The Hall–Kier alpha value is -3.77. The van der Waals surface area contributed by atoms with Crippen LogP contribution in [0.4, 0.5) is 5.69 Å². The van der Waals surface area contributed by atoms with Gasteiger partial charge in [0.2, 0.25) is 5.76 Å². The molecule has 0 N–H and O–H groups in total. The Balaban J connectivity index is 1.63. The monoisotopic (exact) mass is 531 g/mol. The number of carbonyl (C=O) groups is 1. The number of rotatable bonds is 9. The van der Waals surface area contributed by atoms with Crippen molar-refractivity contribution in [2.45, 2.75) is 45.6 Å². The quantitative estimate of drug-likeness (QED) is 0.209. The van der Waals surface area contributed by atoms with Crippen molar-refractivity contribution in [3.05, 3.63) is 98.4 Å². The average molecular weight is 532 g/mol. The maximum absolute atomic E-state index is 13.8. The van der Waals surface area contributed by atoms with E-state index in [1.807, 2.05) is 49.4 Å². The number of halogens is 1. The third kappa shape index (κ3) is 4.76. The van der Waals surface area contributed by atoms with E-state index in [2.05, 4.69) is 6.92 Å². The SMILES string of the molecule is CCCCCCOc1ccc(C2c3c(oc4ccc(Cl)cc4c3=O)C(=O)N2c2cccc(C)c2)cc1OC. The molecular weight excluding hydrogens is 502 g/mol. The molecular formula is C31H30ClNO5. The maximum Gasteiger partial charge on any atom is 0.295 e. The number of nitrogens with zero attached hydrogens (tertiary/aromatic N) is 1. The Morgan fingerprint density at radius 1 is 0.974 bits per heavy atom. The Morgan fingerprint density at radius 2 is 1.82 bits per heavy atom. The first-order valence-electron chi connectivity index (χ1n) is 12.9. The molecule has 1 aliphatic rings. The van der Waals surface area contributed by atoms with E-state index in [0.29, 0.717) is 45.3 Å². The van der Waals surface area contributed by atoms with Crippen LogP contribution in [0.1, 0.15) is 65.9 Å². The van der Waals surface area contributed by atoms with Gasteiger partial charge in [-0.3, -0.25) is 14.5 Å². The van der Waals surface area contributed by atoms with Gasteiger partial charge in [-0.05, 0) is 66.9 Å². The zero-order chi connectivity index (χ0) is 26.8. The smallest absolute Gasteiger partial charge is 0.295 e. The van der Waals surface area contributed by atoms with E-state index in [-0.39, 0.29) is 22.7 Å². The van der Waals surface area contributed by atoms with E-state index in [1.165, 1.54) is 6.42 Å². The summed E-state index contributed by atoms with van der Waals surface area (Å²) in [6.07, 6.45) is 4.40. The van der Waals surface area contributed by atoms with Crippen LogP contribution < -0.4 is 19.8 Å². The van der Waals surface area contributed by atoms with Crippen molar-refractivity contribution in [2.75, 3.05) is 18.6 Å². The molecule has 5 rings (SSSR count). The second kappa shape index (κ2) is 10.9. The van der Waals surface area contributed by atoms with Crippen LogP contribution in [0, 0.1) is 6.92 Å². The minimum absolute atomic E-state index is 0.0338. The first-order chi connectivity index (χ1) is 18.4. The Bertz CT molecular complexity index is 1560. The number of aryl methyl sites for hydroxylation is 1. The van der Waals surface area contributed by atoms with Crippen LogP contribution in [0.2, 0.25) is 5.02 Å². The topological polar surface area (TPSA) is 69.0 Å². The molecule has 3 aromatic carbocycles. The van der Waals surface area contributed by atoms with Gasteiger partial charge in [0.25, 0.3) is 5.91 Å². The molecule has 196 valence electrons. The molecule has 0 saturated heterocycles. The molecule has 38 heavy (non-hydrogen) atoms. The summed E-state index contributed by atoms with van der Waals surface area (Å²) in [4.78, 5) is 29.3. The fourth-order valence-electron chi connectivity index (χ4n) is 4.99. The van der Waals surface area contributed by atoms with Gasteiger partial charge in [-0.25, -0.2) is 0 Å². The van der Waals surface area contributed by atoms with Gasteiger partial charge in [-0.15, -0.1) is 0 Å². The highest BCUT2D eigenvalue weighted by atomic mass is 35.5. The molecule has 0 bridgehead atoms. The lowest BCUT2D eigenvalue weighted by Crippen LogP contribution is -2.29. The highest BCUT2D eigenvalue weighted by Crippen LogP contribution is 2.43. The van der Waals surface area contributed by atoms with Gasteiger partial charge in [-0.1, -0.05) is 56.0 Å². The second-order valence-corrected chi connectivity index (χ2v) is 9.99. The number of fused-ring (bicyclic) bond motifs is 2. The van der Waals surface area contributed by atoms with Gasteiger partial charge < -0.3 is 13.9 Å². The lowest BCUT2D eigenvalue weighted by Gasteiger charge is -2.26. The Labute approximate surface area is 226 Å². The van der Waals surface area contributed by atoms with Crippen LogP contribution in [0.5, 0.6) is 11.5 Å². The third-order valence-corrected chi connectivity index (χ3v) is 7.11. The van der Waals surface area contributed by atoms with Crippen molar-refractivity contribution >= 4 is 34.2 Å². The lowest BCUT2D eigenvalue weighted by molar-refractivity contribution is 0.0971. The summed E-state index contributed by atoms with van der Waals surface area (Å²) in [5, 5.41) is 0.752. The van der Waals surface area contributed by atoms with Crippen LogP contribution >= 0.6 is 11.6 Å². The molecule has 0 aliphatic carbocycles. The number of anilines is 1. The van der Waals surface area contributed by atoms with Gasteiger partial charge in [0.15, 0.2) is 16.9 Å². The Morgan fingerprint density at radius 3 is 2.58 bits per heavy atom. The standard InChI is InChI=1S/C31H30ClNO5/c1-4-5-6-7-15-37-25-13-11-20(17-26(25)36-3)28-27-29(34)23-18-21(32)12-14-24(23)38-30(27)31(35)33(28)22-10-8-9-19(2)16-22/h8-14,16-18,28H,4-7,15H2,1-3H3. The van der Waals surface area contributed by atoms with Crippen LogP contribution in [0.25, 0.3) is 11.0 Å². The maximum atomic E-state index is 13.8. The average Bonchev–Trinajstić information content (AvgIpc) is 3.21. The normalized spacial score (nSPS) is 14.7. The third-order valence-electron chi connectivity index (χ3n) is 6.87. The predicted octanol–water partition coefficient (Wildman–Crippen LogP) is 7.47. The summed E-state index contributed by atoms with van der Waals surface area (Å²) < 4.78 is 17.7. The first kappa shape index (κ1) is 25.9. The van der Waals surface area contributed by atoms with Gasteiger partial charge in [0.1, 0.15) is 5.58 Å². The molecule has 0 fully saturated rings. The number of benzene rings is 3. The molecule has 1 amide bonds. The number of hydrogen-bond acceptors (Lipinski definition) is 5. The fraction of sp³-hybridized carbons (Fsp3) is 0.290. The molecule has 1 atom stereocenters. The van der Waals surface area contributed by atoms with E-state index < -0.39 is 6.04 Å². The molecule has 1 unspecified atom stereocenters. The van der Waals surface area contributed by atoms with Crippen LogP contribution in [-0.4, -0.2) is 19.6 Å². The van der Waals surface area contributed by atoms with Crippen molar-refractivity contribution < 1.29 is 18.7 Å². The van der Waals surface area contributed by atoms with E-state index in [4.69, 9.17) is 25.5 Å². The van der Waals surface area contributed by atoms with E-state index in [9.17, 15) is 9.59 Å².